The summed E-state index contributed by atoms with van der Waals surface area (Å²) in [5, 5.41) is 0. The number of nitrogens with two attached hydrogens (primary N) is 1. The lowest BCUT2D eigenvalue weighted by Crippen LogP contribution is -2.14. The minimum Gasteiger partial charge on any atom is -0.496 e. The SMILES string of the molecule is COc1cc(CC(C)CN)c(OC)c(C)c1C. The molecule has 0 aliphatic rings. The quantitative estimate of drug-likeness (QED) is 0.855. The second kappa shape index (κ2) is 5.92. The van der Waals surface area contributed by atoms with Crippen LogP contribution in [0.5, 0.6) is 11.5 Å². The van der Waals surface area contributed by atoms with Gasteiger partial charge in [0.05, 0.1) is 14.2 Å². The molecule has 1 rings (SSSR count). The molecule has 0 aliphatic carbocycles. The molecule has 1 unspecified atom stereocenters. The first kappa shape index (κ1) is 13.8. The summed E-state index contributed by atoms with van der Waals surface area (Å²) in [6.07, 6.45) is 0.914. The van der Waals surface area contributed by atoms with Crippen molar-refractivity contribution in [2.75, 3.05) is 20.8 Å². The number of hydrogen-bond acceptors (Lipinski definition) is 3. The predicted octanol–water partition coefficient (Wildman–Crippen LogP) is 2.46. The van der Waals surface area contributed by atoms with Gasteiger partial charge in [-0.3, -0.25) is 0 Å². The third-order valence-electron chi connectivity index (χ3n) is 3.26. The van der Waals surface area contributed by atoms with Gasteiger partial charge in [-0.1, -0.05) is 6.92 Å². The first-order chi connectivity index (χ1) is 8.04. The third-order valence-corrected chi connectivity index (χ3v) is 3.26. The summed E-state index contributed by atoms with van der Waals surface area (Å²) in [4.78, 5) is 0. The van der Waals surface area contributed by atoms with E-state index in [4.69, 9.17) is 15.2 Å². The molecule has 0 radical (unpaired) electrons. The molecule has 3 heteroatoms. The van der Waals surface area contributed by atoms with E-state index in [1.165, 1.54) is 5.56 Å². The Morgan fingerprint density at radius 2 is 1.82 bits per heavy atom. The molecule has 2 N–H and O–H groups in total. The highest BCUT2D eigenvalue weighted by molar-refractivity contribution is 5.52. The van der Waals surface area contributed by atoms with Gasteiger partial charge in [0.15, 0.2) is 0 Å². The Labute approximate surface area is 104 Å². The van der Waals surface area contributed by atoms with Crippen LogP contribution < -0.4 is 15.2 Å². The molecule has 96 valence electrons. The Balaban J connectivity index is 3.22. The number of hydrogen-bond donors (Lipinski definition) is 1. The van der Waals surface area contributed by atoms with Crippen LogP contribution in [-0.4, -0.2) is 20.8 Å². The summed E-state index contributed by atoms with van der Waals surface area (Å²) in [6.45, 7) is 6.93. The van der Waals surface area contributed by atoms with Gasteiger partial charge < -0.3 is 15.2 Å². The zero-order valence-corrected chi connectivity index (χ0v) is 11.5. The van der Waals surface area contributed by atoms with Crippen LogP contribution >= 0.6 is 0 Å². The van der Waals surface area contributed by atoms with Crippen LogP contribution in [0.15, 0.2) is 6.07 Å². The van der Waals surface area contributed by atoms with Crippen molar-refractivity contribution in [3.63, 3.8) is 0 Å². The minimum absolute atomic E-state index is 0.440. The smallest absolute Gasteiger partial charge is 0.125 e. The van der Waals surface area contributed by atoms with Crippen LogP contribution in [-0.2, 0) is 6.42 Å². The first-order valence-corrected chi connectivity index (χ1v) is 5.96. The Bertz CT molecular complexity index is 388. The molecule has 1 atom stereocenters. The average molecular weight is 237 g/mol. The van der Waals surface area contributed by atoms with Crippen molar-refractivity contribution in [1.82, 2.24) is 0 Å². The van der Waals surface area contributed by atoms with Gasteiger partial charge in [0, 0.05) is 0 Å². The predicted molar refractivity (Wildman–Crippen MR) is 70.9 cm³/mol. The molecule has 0 heterocycles. The molecule has 0 fully saturated rings. The largest absolute Gasteiger partial charge is 0.496 e. The van der Waals surface area contributed by atoms with Crippen LogP contribution in [0.25, 0.3) is 0 Å². The summed E-state index contributed by atoms with van der Waals surface area (Å²) in [6, 6.07) is 2.06. The van der Waals surface area contributed by atoms with Crippen molar-refractivity contribution in [3.8, 4) is 11.5 Å². The molecule has 17 heavy (non-hydrogen) atoms. The summed E-state index contributed by atoms with van der Waals surface area (Å²) in [5.74, 6) is 2.32. The summed E-state index contributed by atoms with van der Waals surface area (Å²) < 4.78 is 10.9. The molecule has 0 saturated heterocycles. The lowest BCUT2D eigenvalue weighted by Gasteiger charge is -2.18. The highest BCUT2D eigenvalue weighted by Gasteiger charge is 2.15. The molecule has 1 aromatic carbocycles. The van der Waals surface area contributed by atoms with Gasteiger partial charge in [-0.15, -0.1) is 0 Å². The van der Waals surface area contributed by atoms with E-state index in [0.29, 0.717) is 12.5 Å². The number of rotatable bonds is 5. The zero-order valence-electron chi connectivity index (χ0n) is 11.5. The maximum Gasteiger partial charge on any atom is 0.125 e. The molecule has 0 saturated carbocycles. The topological polar surface area (TPSA) is 44.5 Å². The summed E-state index contributed by atoms with van der Waals surface area (Å²) in [5.41, 5.74) is 9.13. The molecule has 0 aliphatic heterocycles. The van der Waals surface area contributed by atoms with Crippen LogP contribution in [0.1, 0.15) is 23.6 Å². The summed E-state index contributed by atoms with van der Waals surface area (Å²) in [7, 11) is 3.41. The lowest BCUT2D eigenvalue weighted by molar-refractivity contribution is 0.390. The maximum atomic E-state index is 5.68. The normalized spacial score (nSPS) is 12.4. The van der Waals surface area contributed by atoms with E-state index in [1.54, 1.807) is 14.2 Å². The van der Waals surface area contributed by atoms with Crippen molar-refractivity contribution in [3.05, 3.63) is 22.8 Å². The van der Waals surface area contributed by atoms with Crippen LogP contribution in [0.3, 0.4) is 0 Å². The maximum absolute atomic E-state index is 5.68. The fourth-order valence-corrected chi connectivity index (χ4v) is 2.03. The van der Waals surface area contributed by atoms with E-state index in [9.17, 15) is 0 Å². The van der Waals surface area contributed by atoms with E-state index < -0.39 is 0 Å². The third kappa shape index (κ3) is 2.91. The van der Waals surface area contributed by atoms with Crippen LogP contribution in [0.2, 0.25) is 0 Å². The Kier molecular flexibility index (Phi) is 4.82. The highest BCUT2D eigenvalue weighted by atomic mass is 16.5. The van der Waals surface area contributed by atoms with Gasteiger partial charge in [-0.2, -0.15) is 0 Å². The van der Waals surface area contributed by atoms with E-state index in [0.717, 1.165) is 29.0 Å². The van der Waals surface area contributed by atoms with E-state index in [-0.39, 0.29) is 0 Å². The second-order valence-corrected chi connectivity index (χ2v) is 4.57. The summed E-state index contributed by atoms with van der Waals surface area (Å²) >= 11 is 0. The monoisotopic (exact) mass is 237 g/mol. The number of benzene rings is 1. The van der Waals surface area contributed by atoms with Gasteiger partial charge in [0.2, 0.25) is 0 Å². The van der Waals surface area contributed by atoms with Crippen LogP contribution in [0.4, 0.5) is 0 Å². The Morgan fingerprint density at radius 1 is 1.18 bits per heavy atom. The zero-order chi connectivity index (χ0) is 13.0. The van der Waals surface area contributed by atoms with Gasteiger partial charge in [0.25, 0.3) is 0 Å². The van der Waals surface area contributed by atoms with Gasteiger partial charge in [-0.25, -0.2) is 0 Å². The Hall–Kier alpha value is -1.22. The van der Waals surface area contributed by atoms with Gasteiger partial charge in [-0.05, 0) is 55.5 Å². The average Bonchev–Trinajstić information content (AvgIpc) is 2.33. The standard InChI is InChI=1S/C14H23NO2/c1-9(8-15)6-12-7-13(16-4)10(2)11(3)14(12)17-5/h7,9H,6,8,15H2,1-5H3. The molecular weight excluding hydrogens is 214 g/mol. The second-order valence-electron chi connectivity index (χ2n) is 4.57. The first-order valence-electron chi connectivity index (χ1n) is 5.96. The highest BCUT2D eigenvalue weighted by Crippen LogP contribution is 2.34. The molecule has 0 aromatic heterocycles. The van der Waals surface area contributed by atoms with Gasteiger partial charge in [0.1, 0.15) is 11.5 Å². The molecule has 0 bridgehead atoms. The molecule has 3 nitrogen and oxygen atoms in total. The van der Waals surface area contributed by atoms with Crippen LogP contribution in [0, 0.1) is 19.8 Å². The van der Waals surface area contributed by atoms with Crippen molar-refractivity contribution in [1.29, 1.82) is 0 Å². The Morgan fingerprint density at radius 3 is 2.29 bits per heavy atom. The van der Waals surface area contributed by atoms with Gasteiger partial charge >= 0.3 is 0 Å². The molecular formula is C14H23NO2. The molecule has 0 spiro atoms. The number of methoxy groups -OCH3 is 2. The van der Waals surface area contributed by atoms with Crippen molar-refractivity contribution in [2.24, 2.45) is 11.7 Å². The minimum atomic E-state index is 0.440. The number of ether oxygens (including phenoxy) is 2. The van der Waals surface area contributed by atoms with Crippen molar-refractivity contribution < 1.29 is 9.47 Å². The van der Waals surface area contributed by atoms with E-state index in [2.05, 4.69) is 19.9 Å². The fourth-order valence-electron chi connectivity index (χ4n) is 2.03. The molecule has 1 aromatic rings. The van der Waals surface area contributed by atoms with Crippen molar-refractivity contribution >= 4 is 0 Å². The van der Waals surface area contributed by atoms with E-state index in [1.807, 2.05) is 6.92 Å². The molecule has 0 amide bonds. The van der Waals surface area contributed by atoms with E-state index >= 15 is 0 Å². The fraction of sp³-hybridized carbons (Fsp3) is 0.571. The van der Waals surface area contributed by atoms with Crippen molar-refractivity contribution in [2.45, 2.75) is 27.2 Å². The lowest BCUT2D eigenvalue weighted by atomic mass is 9.95.